The molecule has 0 aliphatic rings. The highest BCUT2D eigenvalue weighted by Gasteiger charge is 2.21. The van der Waals surface area contributed by atoms with Crippen LogP contribution in [-0.2, 0) is 9.84 Å². The number of anilines is 1. The Balaban J connectivity index is 2.01. The van der Waals surface area contributed by atoms with Gasteiger partial charge in [-0.05, 0) is 30.3 Å². The molecule has 0 atom stereocenters. The summed E-state index contributed by atoms with van der Waals surface area (Å²) < 4.78 is 24.6. The van der Waals surface area contributed by atoms with Crippen LogP contribution in [0, 0.1) is 0 Å². The maximum absolute atomic E-state index is 12.9. The molecule has 3 aromatic carbocycles. The molecule has 0 aliphatic heterocycles. The summed E-state index contributed by atoms with van der Waals surface area (Å²) >= 11 is 3.34. The Bertz CT molecular complexity index is 1160. The van der Waals surface area contributed by atoms with E-state index in [0.29, 0.717) is 21.3 Å². The van der Waals surface area contributed by atoms with Crippen molar-refractivity contribution in [1.29, 1.82) is 0 Å². The van der Waals surface area contributed by atoms with E-state index in [9.17, 15) is 18.0 Å². The standard InChI is InChI=1S/C21H16BrNO4S/c1-28(26,27)19-10-6-5-9-16(19)21(25)23-18-12-11-15(22)13-17(18)20(24)14-7-3-2-4-8-14/h2-13H,1H3,(H,23,25). The van der Waals surface area contributed by atoms with Crippen molar-refractivity contribution in [3.63, 3.8) is 0 Å². The highest BCUT2D eigenvalue weighted by molar-refractivity contribution is 9.10. The lowest BCUT2D eigenvalue weighted by Crippen LogP contribution is -2.18. The van der Waals surface area contributed by atoms with Crippen LogP contribution in [0.25, 0.3) is 0 Å². The average Bonchev–Trinajstić information content (AvgIpc) is 2.68. The summed E-state index contributed by atoms with van der Waals surface area (Å²) in [6, 6.07) is 19.6. The van der Waals surface area contributed by atoms with Crippen molar-refractivity contribution in [2.75, 3.05) is 11.6 Å². The summed E-state index contributed by atoms with van der Waals surface area (Å²) in [7, 11) is -3.58. The second-order valence-electron chi connectivity index (χ2n) is 6.11. The first-order chi connectivity index (χ1) is 13.3. The normalized spacial score (nSPS) is 11.1. The maximum Gasteiger partial charge on any atom is 0.257 e. The van der Waals surface area contributed by atoms with Crippen molar-refractivity contribution in [2.45, 2.75) is 4.90 Å². The first-order valence-electron chi connectivity index (χ1n) is 8.27. The average molecular weight is 458 g/mol. The number of halogens is 1. The molecule has 0 spiro atoms. The van der Waals surface area contributed by atoms with Crippen molar-refractivity contribution >= 4 is 43.1 Å². The third-order valence-electron chi connectivity index (χ3n) is 4.04. The van der Waals surface area contributed by atoms with E-state index in [4.69, 9.17) is 0 Å². The van der Waals surface area contributed by atoms with Crippen LogP contribution < -0.4 is 5.32 Å². The van der Waals surface area contributed by atoms with E-state index in [-0.39, 0.29) is 16.2 Å². The molecule has 0 aromatic heterocycles. The van der Waals surface area contributed by atoms with Crippen molar-refractivity contribution in [1.82, 2.24) is 0 Å². The minimum absolute atomic E-state index is 0.0195. The number of nitrogens with one attached hydrogen (secondary N) is 1. The van der Waals surface area contributed by atoms with E-state index in [0.717, 1.165) is 6.26 Å². The Labute approximate surface area is 171 Å². The van der Waals surface area contributed by atoms with Gasteiger partial charge in [-0.2, -0.15) is 0 Å². The Morgan fingerprint density at radius 2 is 1.50 bits per heavy atom. The molecule has 0 unspecified atom stereocenters. The molecule has 0 fully saturated rings. The fraction of sp³-hybridized carbons (Fsp3) is 0.0476. The van der Waals surface area contributed by atoms with Gasteiger partial charge in [0, 0.05) is 21.9 Å². The number of hydrogen-bond donors (Lipinski definition) is 1. The number of rotatable bonds is 5. The largest absolute Gasteiger partial charge is 0.321 e. The number of benzene rings is 3. The fourth-order valence-electron chi connectivity index (χ4n) is 2.73. The van der Waals surface area contributed by atoms with Crippen LogP contribution in [-0.4, -0.2) is 26.4 Å². The summed E-state index contributed by atoms with van der Waals surface area (Å²) in [4.78, 5) is 25.6. The second-order valence-corrected chi connectivity index (χ2v) is 9.01. The molecular formula is C21H16BrNO4S. The predicted octanol–water partition coefficient (Wildman–Crippen LogP) is 4.34. The summed E-state index contributed by atoms with van der Waals surface area (Å²) in [6.45, 7) is 0. The third kappa shape index (κ3) is 4.37. The zero-order valence-electron chi connectivity index (χ0n) is 14.8. The maximum atomic E-state index is 12.9. The van der Waals surface area contributed by atoms with Crippen molar-refractivity contribution in [2.24, 2.45) is 0 Å². The SMILES string of the molecule is CS(=O)(=O)c1ccccc1C(=O)Nc1ccc(Br)cc1C(=O)c1ccccc1. The Hall–Kier alpha value is -2.77. The molecule has 0 bridgehead atoms. The van der Waals surface area contributed by atoms with Crippen molar-refractivity contribution in [3.8, 4) is 0 Å². The van der Waals surface area contributed by atoms with Gasteiger partial charge in [0.25, 0.3) is 5.91 Å². The van der Waals surface area contributed by atoms with Gasteiger partial charge in [0.05, 0.1) is 16.1 Å². The molecule has 28 heavy (non-hydrogen) atoms. The van der Waals surface area contributed by atoms with Gasteiger partial charge in [0.15, 0.2) is 15.6 Å². The van der Waals surface area contributed by atoms with Gasteiger partial charge in [0.2, 0.25) is 0 Å². The molecule has 0 saturated heterocycles. The summed E-state index contributed by atoms with van der Waals surface area (Å²) in [5, 5.41) is 2.67. The van der Waals surface area contributed by atoms with Crippen LogP contribution in [0.4, 0.5) is 5.69 Å². The van der Waals surface area contributed by atoms with Crippen LogP contribution in [0.2, 0.25) is 0 Å². The Morgan fingerprint density at radius 3 is 2.18 bits per heavy atom. The lowest BCUT2D eigenvalue weighted by atomic mass is 10.0. The highest BCUT2D eigenvalue weighted by Crippen LogP contribution is 2.25. The minimum atomic E-state index is -3.58. The molecule has 7 heteroatoms. The monoisotopic (exact) mass is 457 g/mol. The molecule has 0 heterocycles. The highest BCUT2D eigenvalue weighted by atomic mass is 79.9. The molecule has 142 valence electrons. The zero-order chi connectivity index (χ0) is 20.3. The van der Waals surface area contributed by atoms with E-state index < -0.39 is 15.7 Å². The van der Waals surface area contributed by atoms with Gasteiger partial charge >= 0.3 is 0 Å². The molecular weight excluding hydrogens is 442 g/mol. The summed E-state index contributed by atoms with van der Waals surface area (Å²) in [5.74, 6) is -0.862. The van der Waals surface area contributed by atoms with Gasteiger partial charge in [-0.3, -0.25) is 9.59 Å². The molecule has 5 nitrogen and oxygen atoms in total. The van der Waals surface area contributed by atoms with E-state index in [1.165, 1.54) is 12.1 Å². The van der Waals surface area contributed by atoms with Crippen LogP contribution in [0.5, 0.6) is 0 Å². The van der Waals surface area contributed by atoms with Crippen LogP contribution in [0.1, 0.15) is 26.3 Å². The Morgan fingerprint density at radius 1 is 0.857 bits per heavy atom. The van der Waals surface area contributed by atoms with Gasteiger partial charge in [-0.1, -0.05) is 58.4 Å². The minimum Gasteiger partial charge on any atom is -0.321 e. The van der Waals surface area contributed by atoms with Gasteiger partial charge in [-0.15, -0.1) is 0 Å². The van der Waals surface area contributed by atoms with Crippen LogP contribution in [0.3, 0.4) is 0 Å². The van der Waals surface area contributed by atoms with Crippen LogP contribution >= 0.6 is 15.9 Å². The molecule has 0 saturated carbocycles. The topological polar surface area (TPSA) is 80.3 Å². The fourth-order valence-corrected chi connectivity index (χ4v) is 3.97. The molecule has 1 amide bonds. The second kappa shape index (κ2) is 8.08. The van der Waals surface area contributed by atoms with E-state index in [1.807, 2.05) is 6.07 Å². The zero-order valence-corrected chi connectivity index (χ0v) is 17.2. The molecule has 1 N–H and O–H groups in total. The predicted molar refractivity (Wildman–Crippen MR) is 112 cm³/mol. The Kier molecular flexibility index (Phi) is 5.76. The summed E-state index contributed by atoms with van der Waals surface area (Å²) in [6.07, 6.45) is 1.04. The molecule has 0 aliphatic carbocycles. The summed E-state index contributed by atoms with van der Waals surface area (Å²) in [5.41, 5.74) is 1.09. The lowest BCUT2D eigenvalue weighted by molar-refractivity contribution is 0.102. The van der Waals surface area contributed by atoms with Crippen molar-refractivity contribution in [3.05, 3.63) is 94.0 Å². The quantitative estimate of drug-likeness (QED) is 0.577. The third-order valence-corrected chi connectivity index (χ3v) is 5.69. The number of amides is 1. The number of hydrogen-bond acceptors (Lipinski definition) is 4. The van der Waals surface area contributed by atoms with E-state index >= 15 is 0 Å². The molecule has 3 aromatic rings. The van der Waals surface area contributed by atoms with Gasteiger partial charge in [0.1, 0.15) is 0 Å². The van der Waals surface area contributed by atoms with Crippen molar-refractivity contribution < 1.29 is 18.0 Å². The number of carbonyl (C=O) groups is 2. The number of carbonyl (C=O) groups excluding carboxylic acids is 2. The first kappa shape index (κ1) is 20.0. The van der Waals surface area contributed by atoms with Gasteiger partial charge < -0.3 is 5.32 Å². The number of ketones is 1. The van der Waals surface area contributed by atoms with Gasteiger partial charge in [-0.25, -0.2) is 8.42 Å². The van der Waals surface area contributed by atoms with E-state index in [1.54, 1.807) is 54.6 Å². The smallest absolute Gasteiger partial charge is 0.257 e. The number of sulfone groups is 1. The van der Waals surface area contributed by atoms with Crippen LogP contribution in [0.15, 0.2) is 82.2 Å². The molecule has 0 radical (unpaired) electrons. The lowest BCUT2D eigenvalue weighted by Gasteiger charge is -2.13. The first-order valence-corrected chi connectivity index (χ1v) is 11.0. The molecule has 3 rings (SSSR count). The van der Waals surface area contributed by atoms with E-state index in [2.05, 4.69) is 21.2 Å².